The molecule has 0 radical (unpaired) electrons. The van der Waals surface area contributed by atoms with Gasteiger partial charge in [-0.25, -0.2) is 0 Å². The minimum absolute atomic E-state index is 0.0266. The lowest BCUT2D eigenvalue weighted by Gasteiger charge is -2.21. The number of hydrogen-bond acceptors (Lipinski definition) is 3. The van der Waals surface area contributed by atoms with Crippen molar-refractivity contribution in [3.8, 4) is 5.75 Å². The zero-order chi connectivity index (χ0) is 13.0. The standard InChI is InChI=1S/C14H17NO3/c16-10-12-2-1-9-15(12)14(18)8-5-11-3-6-13(17)7-4-11/h3-8,12,16-17H,1-2,9-10H2/t12-/m0/s1. The van der Waals surface area contributed by atoms with Crippen molar-refractivity contribution in [3.63, 3.8) is 0 Å². The summed E-state index contributed by atoms with van der Waals surface area (Å²) in [4.78, 5) is 13.6. The Bertz CT molecular complexity index is 439. The average Bonchev–Trinajstić information content (AvgIpc) is 2.86. The summed E-state index contributed by atoms with van der Waals surface area (Å²) in [5.41, 5.74) is 0.862. The molecule has 0 unspecified atom stereocenters. The minimum Gasteiger partial charge on any atom is -0.508 e. The smallest absolute Gasteiger partial charge is 0.246 e. The van der Waals surface area contributed by atoms with Crippen molar-refractivity contribution < 1.29 is 15.0 Å². The van der Waals surface area contributed by atoms with Gasteiger partial charge in [-0.3, -0.25) is 4.79 Å². The zero-order valence-corrected chi connectivity index (χ0v) is 10.1. The number of carbonyl (C=O) groups is 1. The molecule has 1 aliphatic heterocycles. The molecule has 96 valence electrons. The molecule has 0 aliphatic carbocycles. The van der Waals surface area contributed by atoms with Crippen LogP contribution in [-0.2, 0) is 4.79 Å². The van der Waals surface area contributed by atoms with Gasteiger partial charge in [0, 0.05) is 12.6 Å². The van der Waals surface area contributed by atoms with Crippen LogP contribution < -0.4 is 0 Å². The fraction of sp³-hybridized carbons (Fsp3) is 0.357. The largest absolute Gasteiger partial charge is 0.508 e. The first-order valence-electron chi connectivity index (χ1n) is 6.09. The third-order valence-electron chi connectivity index (χ3n) is 3.18. The molecule has 1 atom stereocenters. The molecular weight excluding hydrogens is 230 g/mol. The highest BCUT2D eigenvalue weighted by Crippen LogP contribution is 2.17. The van der Waals surface area contributed by atoms with Crippen molar-refractivity contribution >= 4 is 12.0 Å². The topological polar surface area (TPSA) is 60.8 Å². The molecule has 1 saturated heterocycles. The van der Waals surface area contributed by atoms with Crippen LogP contribution in [0.25, 0.3) is 6.08 Å². The number of carbonyl (C=O) groups excluding carboxylic acids is 1. The van der Waals surface area contributed by atoms with Gasteiger partial charge in [-0.05, 0) is 36.6 Å². The van der Waals surface area contributed by atoms with Gasteiger partial charge in [-0.15, -0.1) is 0 Å². The number of hydrogen-bond donors (Lipinski definition) is 2. The SMILES string of the molecule is O=C(C=Cc1ccc(O)cc1)N1CCC[C@H]1CO. The van der Waals surface area contributed by atoms with Crippen molar-refractivity contribution in [2.24, 2.45) is 0 Å². The summed E-state index contributed by atoms with van der Waals surface area (Å²) < 4.78 is 0. The Balaban J connectivity index is 2.00. The molecule has 4 heteroatoms. The summed E-state index contributed by atoms with van der Waals surface area (Å²) in [6.45, 7) is 0.739. The molecular formula is C14H17NO3. The molecule has 2 N–H and O–H groups in total. The van der Waals surface area contributed by atoms with Crippen molar-refractivity contribution in [1.82, 2.24) is 4.90 Å². The lowest BCUT2D eigenvalue weighted by atomic mass is 10.2. The van der Waals surface area contributed by atoms with Crippen molar-refractivity contribution in [2.45, 2.75) is 18.9 Å². The summed E-state index contributed by atoms with van der Waals surface area (Å²) in [5, 5.41) is 18.3. The van der Waals surface area contributed by atoms with E-state index >= 15 is 0 Å². The molecule has 1 aliphatic rings. The molecule has 4 nitrogen and oxygen atoms in total. The fourth-order valence-electron chi connectivity index (χ4n) is 2.16. The molecule has 1 aromatic carbocycles. The lowest BCUT2D eigenvalue weighted by Crippen LogP contribution is -2.36. The molecule has 1 amide bonds. The highest BCUT2D eigenvalue weighted by molar-refractivity contribution is 5.92. The predicted octanol–water partition coefficient (Wildman–Crippen LogP) is 1.39. The zero-order valence-electron chi connectivity index (χ0n) is 10.1. The van der Waals surface area contributed by atoms with Gasteiger partial charge >= 0.3 is 0 Å². The Labute approximate surface area is 106 Å². The molecule has 18 heavy (non-hydrogen) atoms. The number of aliphatic hydroxyl groups excluding tert-OH is 1. The van der Waals surface area contributed by atoms with E-state index in [9.17, 15) is 4.79 Å². The quantitative estimate of drug-likeness (QED) is 0.793. The second-order valence-corrected chi connectivity index (χ2v) is 4.44. The maximum Gasteiger partial charge on any atom is 0.246 e. The van der Waals surface area contributed by atoms with Crippen molar-refractivity contribution in [3.05, 3.63) is 35.9 Å². The molecule has 2 rings (SSSR count). The summed E-state index contributed by atoms with van der Waals surface area (Å²) >= 11 is 0. The third-order valence-corrected chi connectivity index (χ3v) is 3.18. The van der Waals surface area contributed by atoms with Crippen LogP contribution in [0.15, 0.2) is 30.3 Å². The number of nitrogens with zero attached hydrogens (tertiary/aromatic N) is 1. The van der Waals surface area contributed by atoms with Crippen LogP contribution in [0.5, 0.6) is 5.75 Å². The van der Waals surface area contributed by atoms with Gasteiger partial charge in [0.25, 0.3) is 0 Å². The number of benzene rings is 1. The molecule has 0 saturated carbocycles. The van der Waals surface area contributed by atoms with Crippen molar-refractivity contribution in [1.29, 1.82) is 0 Å². The van der Waals surface area contributed by atoms with E-state index in [0.717, 1.165) is 18.4 Å². The number of aliphatic hydroxyl groups is 1. The maximum atomic E-state index is 11.9. The summed E-state index contributed by atoms with van der Waals surface area (Å²) in [7, 11) is 0. The maximum absolute atomic E-state index is 11.9. The Kier molecular flexibility index (Phi) is 3.99. The van der Waals surface area contributed by atoms with Crippen molar-refractivity contribution in [2.75, 3.05) is 13.2 Å². The van der Waals surface area contributed by atoms with E-state index < -0.39 is 0 Å². The van der Waals surface area contributed by atoms with Crippen LogP contribution in [0.4, 0.5) is 0 Å². The Morgan fingerprint density at radius 3 is 2.78 bits per heavy atom. The molecule has 1 heterocycles. The Morgan fingerprint density at radius 1 is 1.39 bits per heavy atom. The monoisotopic (exact) mass is 247 g/mol. The van der Waals surface area contributed by atoms with Crippen LogP contribution in [0.1, 0.15) is 18.4 Å². The van der Waals surface area contributed by atoms with Gasteiger partial charge in [0.2, 0.25) is 5.91 Å². The van der Waals surface area contributed by atoms with E-state index in [0.29, 0.717) is 6.54 Å². The summed E-state index contributed by atoms with van der Waals surface area (Å²) in [6.07, 6.45) is 5.05. The molecule has 0 spiro atoms. The number of phenols is 1. The first-order valence-corrected chi connectivity index (χ1v) is 6.09. The van der Waals surface area contributed by atoms with E-state index in [-0.39, 0.29) is 24.3 Å². The van der Waals surface area contributed by atoms with E-state index in [1.165, 1.54) is 6.08 Å². The minimum atomic E-state index is -0.0698. The number of likely N-dealkylation sites (tertiary alicyclic amines) is 1. The van der Waals surface area contributed by atoms with Gasteiger partial charge in [-0.2, -0.15) is 0 Å². The van der Waals surface area contributed by atoms with Gasteiger partial charge < -0.3 is 15.1 Å². The predicted molar refractivity (Wildman–Crippen MR) is 69.0 cm³/mol. The van der Waals surface area contributed by atoms with E-state index in [1.807, 2.05) is 0 Å². The highest BCUT2D eigenvalue weighted by Gasteiger charge is 2.26. The number of aromatic hydroxyl groups is 1. The normalized spacial score (nSPS) is 19.6. The van der Waals surface area contributed by atoms with E-state index in [4.69, 9.17) is 10.2 Å². The lowest BCUT2D eigenvalue weighted by molar-refractivity contribution is -0.127. The van der Waals surface area contributed by atoms with Gasteiger partial charge in [-0.1, -0.05) is 12.1 Å². The van der Waals surface area contributed by atoms with Crippen LogP contribution in [0, 0.1) is 0 Å². The van der Waals surface area contributed by atoms with Crippen LogP contribution in [-0.4, -0.2) is 40.2 Å². The summed E-state index contributed by atoms with van der Waals surface area (Å²) in [6, 6.07) is 6.61. The second kappa shape index (κ2) is 5.69. The highest BCUT2D eigenvalue weighted by atomic mass is 16.3. The molecule has 1 aromatic rings. The van der Waals surface area contributed by atoms with Crippen LogP contribution in [0.2, 0.25) is 0 Å². The van der Waals surface area contributed by atoms with E-state index in [1.54, 1.807) is 35.2 Å². The van der Waals surface area contributed by atoms with E-state index in [2.05, 4.69) is 0 Å². The third kappa shape index (κ3) is 2.90. The first-order chi connectivity index (χ1) is 8.70. The van der Waals surface area contributed by atoms with Crippen LogP contribution in [0.3, 0.4) is 0 Å². The Morgan fingerprint density at radius 2 is 2.11 bits per heavy atom. The average molecular weight is 247 g/mol. The fourth-order valence-corrected chi connectivity index (χ4v) is 2.16. The molecule has 1 fully saturated rings. The number of amides is 1. The van der Waals surface area contributed by atoms with Gasteiger partial charge in [0.1, 0.15) is 5.75 Å². The Hall–Kier alpha value is -1.81. The number of phenolic OH excluding ortho intramolecular Hbond substituents is 1. The van der Waals surface area contributed by atoms with Gasteiger partial charge in [0.05, 0.1) is 12.6 Å². The second-order valence-electron chi connectivity index (χ2n) is 4.44. The molecule has 0 bridgehead atoms. The summed E-state index contributed by atoms with van der Waals surface area (Å²) in [5.74, 6) is 0.137. The van der Waals surface area contributed by atoms with Gasteiger partial charge in [0.15, 0.2) is 0 Å². The molecule has 0 aromatic heterocycles. The first kappa shape index (κ1) is 12.6. The number of rotatable bonds is 3. The van der Waals surface area contributed by atoms with Crippen LogP contribution >= 0.6 is 0 Å².